The van der Waals surface area contributed by atoms with Crippen molar-refractivity contribution in [3.63, 3.8) is 0 Å². The summed E-state index contributed by atoms with van der Waals surface area (Å²) in [5.74, 6) is 1.49. The first-order chi connectivity index (χ1) is 11.1. The third-order valence-corrected chi connectivity index (χ3v) is 3.21. The zero-order valence-corrected chi connectivity index (χ0v) is 13.4. The molecule has 0 bridgehead atoms. The normalized spacial score (nSPS) is 10.0. The molecular weight excluding hydrogens is 296 g/mol. The smallest absolute Gasteiger partial charge is 0.345 e. The number of urea groups is 1. The lowest BCUT2D eigenvalue weighted by atomic mass is 10.2. The van der Waals surface area contributed by atoms with Gasteiger partial charge >= 0.3 is 6.03 Å². The second kappa shape index (κ2) is 8.05. The molecule has 0 aliphatic rings. The number of rotatable bonds is 6. The van der Waals surface area contributed by atoms with Crippen LogP contribution in [0.5, 0.6) is 11.5 Å². The zero-order chi connectivity index (χ0) is 16.7. The van der Waals surface area contributed by atoms with Gasteiger partial charge in [-0.05, 0) is 29.8 Å². The molecule has 6 heteroatoms. The maximum atomic E-state index is 11.7. The van der Waals surface area contributed by atoms with Gasteiger partial charge in [-0.3, -0.25) is 4.84 Å². The van der Waals surface area contributed by atoms with Crippen molar-refractivity contribution in [1.29, 1.82) is 0 Å². The number of carbonyl (C=O) groups excluding carboxylic acids is 1. The molecule has 0 atom stereocenters. The maximum Gasteiger partial charge on any atom is 0.345 e. The molecule has 122 valence electrons. The van der Waals surface area contributed by atoms with Crippen LogP contribution in [0.15, 0.2) is 48.5 Å². The van der Waals surface area contributed by atoms with Crippen LogP contribution in [0.4, 0.5) is 10.5 Å². The van der Waals surface area contributed by atoms with Crippen molar-refractivity contribution >= 4 is 11.7 Å². The molecule has 1 N–H and O–H groups in total. The largest absolute Gasteiger partial charge is 0.497 e. The second-order valence-corrected chi connectivity index (χ2v) is 4.77. The number of hydrogen-bond donors (Lipinski definition) is 1. The van der Waals surface area contributed by atoms with Crippen molar-refractivity contribution < 1.29 is 19.1 Å². The topological polar surface area (TPSA) is 60.0 Å². The molecule has 6 nitrogen and oxygen atoms in total. The van der Waals surface area contributed by atoms with Gasteiger partial charge in [-0.15, -0.1) is 0 Å². The van der Waals surface area contributed by atoms with Gasteiger partial charge in [0.05, 0.1) is 14.2 Å². The molecule has 0 fully saturated rings. The van der Waals surface area contributed by atoms with Crippen LogP contribution in [0.2, 0.25) is 0 Å². The van der Waals surface area contributed by atoms with Crippen molar-refractivity contribution in [1.82, 2.24) is 5.06 Å². The summed E-state index contributed by atoms with van der Waals surface area (Å²) in [5.41, 5.74) is 1.68. The van der Waals surface area contributed by atoms with Crippen LogP contribution in [0.1, 0.15) is 5.56 Å². The molecule has 2 aromatic carbocycles. The number of carbonyl (C=O) groups is 1. The summed E-state index contributed by atoms with van der Waals surface area (Å²) in [6, 6.07) is 14.5. The van der Waals surface area contributed by atoms with Gasteiger partial charge in [0.1, 0.15) is 18.1 Å². The monoisotopic (exact) mass is 316 g/mol. The number of benzene rings is 2. The summed E-state index contributed by atoms with van der Waals surface area (Å²) in [5, 5.41) is 3.82. The first kappa shape index (κ1) is 16.6. The maximum absolute atomic E-state index is 11.7. The number of methoxy groups -OCH3 is 1. The fourth-order valence-electron chi connectivity index (χ4n) is 1.83. The van der Waals surface area contributed by atoms with E-state index in [0.29, 0.717) is 12.3 Å². The van der Waals surface area contributed by atoms with Crippen LogP contribution in [-0.4, -0.2) is 32.4 Å². The van der Waals surface area contributed by atoms with Gasteiger partial charge in [0, 0.05) is 18.8 Å². The van der Waals surface area contributed by atoms with Gasteiger partial charge in [-0.25, -0.2) is 9.86 Å². The molecule has 0 spiro atoms. The van der Waals surface area contributed by atoms with Crippen LogP contribution in [0, 0.1) is 0 Å². The predicted octanol–water partition coefficient (Wildman–Crippen LogP) is 3.30. The van der Waals surface area contributed by atoms with E-state index in [1.54, 1.807) is 7.11 Å². The molecule has 23 heavy (non-hydrogen) atoms. The van der Waals surface area contributed by atoms with E-state index in [2.05, 4.69) is 5.32 Å². The van der Waals surface area contributed by atoms with Gasteiger partial charge in [0.25, 0.3) is 0 Å². The Morgan fingerprint density at radius 2 is 1.78 bits per heavy atom. The Morgan fingerprint density at radius 3 is 2.43 bits per heavy atom. The minimum atomic E-state index is -0.340. The van der Waals surface area contributed by atoms with Gasteiger partial charge < -0.3 is 14.8 Å². The van der Waals surface area contributed by atoms with Gasteiger partial charge in [-0.1, -0.05) is 18.2 Å². The molecular formula is C17H20N2O4. The fourth-order valence-corrected chi connectivity index (χ4v) is 1.83. The number of nitrogens with zero attached hydrogens (tertiary/aromatic N) is 1. The second-order valence-electron chi connectivity index (χ2n) is 4.77. The van der Waals surface area contributed by atoms with E-state index in [-0.39, 0.29) is 6.03 Å². The molecule has 0 saturated heterocycles. The van der Waals surface area contributed by atoms with Crippen molar-refractivity contribution in [2.24, 2.45) is 0 Å². The average Bonchev–Trinajstić information content (AvgIpc) is 2.60. The quantitative estimate of drug-likeness (QED) is 0.831. The van der Waals surface area contributed by atoms with Gasteiger partial charge in [0.2, 0.25) is 0 Å². The highest BCUT2D eigenvalue weighted by Gasteiger charge is 2.07. The van der Waals surface area contributed by atoms with E-state index < -0.39 is 0 Å². The predicted molar refractivity (Wildman–Crippen MR) is 87.6 cm³/mol. The van der Waals surface area contributed by atoms with Crippen molar-refractivity contribution in [3.8, 4) is 11.5 Å². The molecule has 0 saturated carbocycles. The van der Waals surface area contributed by atoms with Crippen molar-refractivity contribution in [2.45, 2.75) is 6.61 Å². The van der Waals surface area contributed by atoms with E-state index in [1.807, 2.05) is 48.5 Å². The average molecular weight is 316 g/mol. The molecule has 2 aromatic rings. The Hall–Kier alpha value is -2.73. The van der Waals surface area contributed by atoms with E-state index in [9.17, 15) is 4.79 Å². The summed E-state index contributed by atoms with van der Waals surface area (Å²) in [7, 11) is 4.58. The highest BCUT2D eigenvalue weighted by Crippen LogP contribution is 2.20. The summed E-state index contributed by atoms with van der Waals surface area (Å²) in [6.07, 6.45) is 0. The Bertz CT molecular complexity index is 643. The van der Waals surface area contributed by atoms with Gasteiger partial charge in [0.15, 0.2) is 0 Å². The zero-order valence-electron chi connectivity index (χ0n) is 13.4. The molecule has 2 rings (SSSR count). The van der Waals surface area contributed by atoms with Crippen molar-refractivity contribution in [3.05, 3.63) is 54.1 Å². The minimum absolute atomic E-state index is 0.340. The fraction of sp³-hybridized carbons (Fsp3) is 0.235. The number of hydrogen-bond acceptors (Lipinski definition) is 4. The lowest BCUT2D eigenvalue weighted by molar-refractivity contribution is -0.0598. The Balaban J connectivity index is 1.91. The lowest BCUT2D eigenvalue weighted by Crippen LogP contribution is -2.30. The Labute approximate surface area is 135 Å². The Morgan fingerprint density at radius 1 is 1.09 bits per heavy atom. The first-order valence-electron chi connectivity index (χ1n) is 7.07. The third-order valence-electron chi connectivity index (χ3n) is 3.21. The van der Waals surface area contributed by atoms with Crippen molar-refractivity contribution in [2.75, 3.05) is 26.6 Å². The number of nitrogens with one attached hydrogen (secondary N) is 1. The summed E-state index contributed by atoms with van der Waals surface area (Å²) in [4.78, 5) is 16.5. The molecule has 0 radical (unpaired) electrons. The van der Waals surface area contributed by atoms with E-state index in [1.165, 1.54) is 14.2 Å². The number of amides is 2. The van der Waals surface area contributed by atoms with Crippen LogP contribution < -0.4 is 14.8 Å². The SMILES string of the molecule is COc1cccc(OCc2ccc(NC(=O)N(C)OC)cc2)c1. The van der Waals surface area contributed by atoms with E-state index >= 15 is 0 Å². The van der Waals surface area contributed by atoms with E-state index in [0.717, 1.165) is 22.1 Å². The standard InChI is InChI=1S/C17H20N2O4/c1-19(22-3)17(20)18-14-9-7-13(8-10-14)12-23-16-6-4-5-15(11-16)21-2/h4-11H,12H2,1-3H3,(H,18,20). The summed E-state index contributed by atoms with van der Waals surface area (Å²) >= 11 is 0. The highest BCUT2D eigenvalue weighted by atomic mass is 16.7. The van der Waals surface area contributed by atoms with E-state index in [4.69, 9.17) is 14.3 Å². The molecule has 0 unspecified atom stereocenters. The first-order valence-corrected chi connectivity index (χ1v) is 7.07. The molecule has 2 amide bonds. The number of hydroxylamine groups is 2. The number of ether oxygens (including phenoxy) is 2. The Kier molecular flexibility index (Phi) is 5.82. The number of anilines is 1. The van der Waals surface area contributed by atoms with Crippen LogP contribution in [0.3, 0.4) is 0 Å². The highest BCUT2D eigenvalue weighted by molar-refractivity contribution is 5.88. The van der Waals surface area contributed by atoms with Crippen LogP contribution in [-0.2, 0) is 11.4 Å². The molecule has 0 aliphatic carbocycles. The molecule has 0 aromatic heterocycles. The van der Waals surface area contributed by atoms with Crippen LogP contribution >= 0.6 is 0 Å². The van der Waals surface area contributed by atoms with Crippen LogP contribution in [0.25, 0.3) is 0 Å². The minimum Gasteiger partial charge on any atom is -0.497 e. The summed E-state index contributed by atoms with van der Waals surface area (Å²) in [6.45, 7) is 0.430. The molecule has 0 heterocycles. The van der Waals surface area contributed by atoms with Gasteiger partial charge in [-0.2, -0.15) is 0 Å². The lowest BCUT2D eigenvalue weighted by Gasteiger charge is -2.14. The molecule has 0 aliphatic heterocycles. The summed E-state index contributed by atoms with van der Waals surface area (Å²) < 4.78 is 10.9. The third kappa shape index (κ3) is 4.89.